The zero-order valence-corrected chi connectivity index (χ0v) is 6.86. The quantitative estimate of drug-likeness (QED) is 0.478. The van der Waals surface area contributed by atoms with Gasteiger partial charge >= 0.3 is 11.9 Å². The van der Waals surface area contributed by atoms with Crippen LogP contribution in [0.2, 0.25) is 0 Å². The number of rotatable bonds is 4. The minimum absolute atomic E-state index is 0.147. The molecule has 0 aliphatic rings. The molecule has 0 aliphatic carbocycles. The largest absolute Gasteiger partial charge is 0.479 e. The van der Waals surface area contributed by atoms with Crippen LogP contribution in [0.1, 0.15) is 20.3 Å². The number of aliphatic carboxylic acids is 1. The van der Waals surface area contributed by atoms with Gasteiger partial charge in [0.05, 0.1) is 0 Å². The molecule has 0 aromatic heterocycles. The van der Waals surface area contributed by atoms with Gasteiger partial charge in [-0.3, -0.25) is 4.79 Å². The topological polar surface area (TPSA) is 80.7 Å². The third-order valence-electron chi connectivity index (χ3n) is 1.18. The van der Waals surface area contributed by atoms with Crippen molar-refractivity contribution in [1.29, 1.82) is 0 Å². The molecule has 1 unspecified atom stereocenters. The van der Waals surface area contributed by atoms with E-state index < -0.39 is 23.8 Å². The summed E-state index contributed by atoms with van der Waals surface area (Å²) < 4.78 is 4.33. The van der Waals surface area contributed by atoms with Crippen molar-refractivity contribution in [2.45, 2.75) is 26.4 Å². The van der Waals surface area contributed by atoms with Crippen LogP contribution in [0.25, 0.3) is 0 Å². The SMILES string of the molecule is CCC(OC(=O)C(C)=O)C(=O)O. The van der Waals surface area contributed by atoms with Gasteiger partial charge in [0, 0.05) is 6.92 Å². The Morgan fingerprint density at radius 3 is 2.17 bits per heavy atom. The predicted octanol–water partition coefficient (Wildman–Crippen LogP) is -0.0182. The van der Waals surface area contributed by atoms with E-state index in [2.05, 4.69) is 4.74 Å². The molecule has 0 aliphatic heterocycles. The predicted molar refractivity (Wildman–Crippen MR) is 38.5 cm³/mol. The third-order valence-corrected chi connectivity index (χ3v) is 1.18. The van der Waals surface area contributed by atoms with Crippen molar-refractivity contribution in [3.63, 3.8) is 0 Å². The van der Waals surface area contributed by atoms with Crippen molar-refractivity contribution in [2.24, 2.45) is 0 Å². The summed E-state index contributed by atoms with van der Waals surface area (Å²) in [7, 11) is 0. The Balaban J connectivity index is 4.12. The Bertz CT molecular complexity index is 208. The van der Waals surface area contributed by atoms with Crippen LogP contribution < -0.4 is 0 Å². The van der Waals surface area contributed by atoms with Crippen LogP contribution in [0.5, 0.6) is 0 Å². The van der Waals surface area contributed by atoms with E-state index >= 15 is 0 Å². The fourth-order valence-electron chi connectivity index (χ4n) is 0.521. The van der Waals surface area contributed by atoms with Crippen LogP contribution in [-0.4, -0.2) is 28.9 Å². The standard InChI is InChI=1S/C7H10O5/c1-3-5(6(9)10)12-7(11)4(2)8/h5H,3H2,1-2H3,(H,9,10). The molecule has 0 rings (SSSR count). The van der Waals surface area contributed by atoms with E-state index in [1.807, 2.05) is 0 Å². The van der Waals surface area contributed by atoms with E-state index in [-0.39, 0.29) is 6.42 Å². The maximum absolute atomic E-state index is 10.6. The number of hydrogen-bond donors (Lipinski definition) is 1. The summed E-state index contributed by atoms with van der Waals surface area (Å²) in [5.41, 5.74) is 0. The Hall–Kier alpha value is -1.39. The van der Waals surface area contributed by atoms with Crippen molar-refractivity contribution < 1.29 is 24.2 Å². The van der Waals surface area contributed by atoms with Gasteiger partial charge in [0.15, 0.2) is 6.10 Å². The highest BCUT2D eigenvalue weighted by Gasteiger charge is 2.21. The van der Waals surface area contributed by atoms with E-state index in [4.69, 9.17) is 5.11 Å². The van der Waals surface area contributed by atoms with Gasteiger partial charge in [-0.25, -0.2) is 9.59 Å². The van der Waals surface area contributed by atoms with Gasteiger partial charge in [-0.05, 0) is 6.42 Å². The average Bonchev–Trinajstić information content (AvgIpc) is 1.98. The molecule has 0 fully saturated rings. The lowest BCUT2D eigenvalue weighted by Crippen LogP contribution is -2.28. The highest BCUT2D eigenvalue weighted by atomic mass is 16.6. The number of carbonyl (C=O) groups is 3. The molecule has 0 bridgehead atoms. The minimum atomic E-state index is -1.24. The van der Waals surface area contributed by atoms with Gasteiger partial charge in [-0.1, -0.05) is 6.92 Å². The summed E-state index contributed by atoms with van der Waals surface area (Å²) in [5, 5.41) is 8.42. The maximum Gasteiger partial charge on any atom is 0.375 e. The molecule has 0 heterocycles. The monoisotopic (exact) mass is 174 g/mol. The van der Waals surface area contributed by atoms with Crippen LogP contribution >= 0.6 is 0 Å². The zero-order chi connectivity index (χ0) is 9.72. The van der Waals surface area contributed by atoms with Crippen molar-refractivity contribution in [3.05, 3.63) is 0 Å². The Labute approximate surface area is 69.3 Å². The summed E-state index contributed by atoms with van der Waals surface area (Å²) in [6.07, 6.45) is -1.07. The molecule has 0 aromatic rings. The lowest BCUT2D eigenvalue weighted by atomic mass is 10.3. The number of ether oxygens (including phenoxy) is 1. The fourth-order valence-corrected chi connectivity index (χ4v) is 0.521. The second-order valence-corrected chi connectivity index (χ2v) is 2.20. The molecule has 0 saturated heterocycles. The fraction of sp³-hybridized carbons (Fsp3) is 0.571. The summed E-state index contributed by atoms with van der Waals surface area (Å²) in [6, 6.07) is 0. The average molecular weight is 174 g/mol. The molecule has 5 heteroatoms. The van der Waals surface area contributed by atoms with Gasteiger partial charge in [-0.2, -0.15) is 0 Å². The number of carboxylic acids is 1. The normalized spacial score (nSPS) is 11.8. The molecular formula is C7H10O5. The molecule has 0 saturated carbocycles. The number of hydrogen-bond acceptors (Lipinski definition) is 4. The molecular weight excluding hydrogens is 164 g/mol. The lowest BCUT2D eigenvalue weighted by Gasteiger charge is -2.09. The second kappa shape index (κ2) is 4.48. The van der Waals surface area contributed by atoms with Crippen LogP contribution in [0.3, 0.4) is 0 Å². The summed E-state index contributed by atoms with van der Waals surface area (Å²) in [6.45, 7) is 2.57. The highest BCUT2D eigenvalue weighted by Crippen LogP contribution is 1.98. The number of Topliss-reactive ketones (excluding diaryl/α,β-unsaturated/α-hetero) is 1. The second-order valence-electron chi connectivity index (χ2n) is 2.20. The molecule has 0 radical (unpaired) electrons. The van der Waals surface area contributed by atoms with Crippen LogP contribution in [0.4, 0.5) is 0 Å². The van der Waals surface area contributed by atoms with Crippen molar-refractivity contribution in [3.8, 4) is 0 Å². The van der Waals surface area contributed by atoms with Gasteiger partial charge in [-0.15, -0.1) is 0 Å². The van der Waals surface area contributed by atoms with Crippen molar-refractivity contribution in [1.82, 2.24) is 0 Å². The molecule has 68 valence electrons. The van der Waals surface area contributed by atoms with E-state index in [0.29, 0.717) is 0 Å². The first-order chi connectivity index (χ1) is 5.49. The molecule has 1 N–H and O–H groups in total. The maximum atomic E-state index is 10.6. The molecule has 5 nitrogen and oxygen atoms in total. The highest BCUT2D eigenvalue weighted by molar-refractivity contribution is 6.32. The number of ketones is 1. The van der Waals surface area contributed by atoms with Crippen LogP contribution in [0, 0.1) is 0 Å². The first-order valence-corrected chi connectivity index (χ1v) is 3.43. The first-order valence-electron chi connectivity index (χ1n) is 3.43. The molecule has 1 atom stereocenters. The lowest BCUT2D eigenvalue weighted by molar-refractivity contribution is -0.166. The minimum Gasteiger partial charge on any atom is -0.479 e. The van der Waals surface area contributed by atoms with Gasteiger partial charge < -0.3 is 9.84 Å². The van der Waals surface area contributed by atoms with Crippen LogP contribution in [-0.2, 0) is 19.1 Å². The van der Waals surface area contributed by atoms with E-state index in [1.54, 1.807) is 6.92 Å². The number of carbonyl (C=O) groups excluding carboxylic acids is 2. The third kappa shape index (κ3) is 3.14. The summed E-state index contributed by atoms with van der Waals surface area (Å²) >= 11 is 0. The van der Waals surface area contributed by atoms with E-state index in [0.717, 1.165) is 6.92 Å². The Kier molecular flexibility index (Phi) is 3.96. The molecule has 0 spiro atoms. The van der Waals surface area contributed by atoms with E-state index in [1.165, 1.54) is 0 Å². The van der Waals surface area contributed by atoms with Gasteiger partial charge in [0.1, 0.15) is 0 Å². The Morgan fingerprint density at radius 1 is 1.42 bits per heavy atom. The van der Waals surface area contributed by atoms with Crippen molar-refractivity contribution >= 4 is 17.7 Å². The number of carboxylic acid groups (broad SMARTS) is 1. The molecule has 0 aromatic carbocycles. The summed E-state index contributed by atoms with van der Waals surface area (Å²) in [4.78, 5) is 31.2. The van der Waals surface area contributed by atoms with E-state index in [9.17, 15) is 14.4 Å². The smallest absolute Gasteiger partial charge is 0.375 e. The van der Waals surface area contributed by atoms with Crippen LogP contribution in [0.15, 0.2) is 0 Å². The summed E-state index contributed by atoms with van der Waals surface area (Å²) in [5.74, 6) is -3.15. The first kappa shape index (κ1) is 10.6. The zero-order valence-electron chi connectivity index (χ0n) is 6.86. The van der Waals surface area contributed by atoms with Gasteiger partial charge in [0.2, 0.25) is 5.78 Å². The number of esters is 1. The Morgan fingerprint density at radius 2 is 1.92 bits per heavy atom. The van der Waals surface area contributed by atoms with Crippen molar-refractivity contribution in [2.75, 3.05) is 0 Å². The molecule has 0 amide bonds. The van der Waals surface area contributed by atoms with Gasteiger partial charge in [0.25, 0.3) is 0 Å². The molecule has 12 heavy (non-hydrogen) atoms.